The number of carbonyl (C=O) groups excluding carboxylic acids is 1. The highest BCUT2D eigenvalue weighted by molar-refractivity contribution is 5.85. The van der Waals surface area contributed by atoms with Crippen molar-refractivity contribution in [3.63, 3.8) is 0 Å². The molecule has 0 spiro atoms. The highest BCUT2D eigenvalue weighted by atomic mass is 35.5. The van der Waals surface area contributed by atoms with Gasteiger partial charge >= 0.3 is 0 Å². The summed E-state index contributed by atoms with van der Waals surface area (Å²) in [6.07, 6.45) is 5.26. The summed E-state index contributed by atoms with van der Waals surface area (Å²) in [6.45, 7) is 0.411. The van der Waals surface area contributed by atoms with Gasteiger partial charge < -0.3 is 15.8 Å². The molecule has 0 aliphatic heterocycles. The first-order valence-corrected chi connectivity index (χ1v) is 8.51. The van der Waals surface area contributed by atoms with E-state index >= 15 is 0 Å². The van der Waals surface area contributed by atoms with E-state index in [1.807, 2.05) is 6.07 Å². The Labute approximate surface area is 170 Å². The number of hydrogen-bond donors (Lipinski definition) is 2. The third-order valence-electron chi connectivity index (χ3n) is 4.47. The van der Waals surface area contributed by atoms with E-state index in [0.717, 1.165) is 24.8 Å². The van der Waals surface area contributed by atoms with Gasteiger partial charge in [-0.1, -0.05) is 18.6 Å². The van der Waals surface area contributed by atoms with Crippen molar-refractivity contribution in [3.05, 3.63) is 54.0 Å². The highest BCUT2D eigenvalue weighted by Gasteiger charge is 2.25. The van der Waals surface area contributed by atoms with Gasteiger partial charge in [-0.2, -0.15) is 0 Å². The Bertz CT molecular complexity index is 731. The van der Waals surface area contributed by atoms with Gasteiger partial charge in [-0.05, 0) is 36.5 Å². The molecule has 1 aliphatic rings. The molecule has 8 heteroatoms. The Kier molecular flexibility index (Phi) is 9.49. The van der Waals surface area contributed by atoms with Gasteiger partial charge in [-0.25, -0.2) is 9.37 Å². The third-order valence-corrected chi connectivity index (χ3v) is 4.47. The van der Waals surface area contributed by atoms with Gasteiger partial charge in [0.25, 0.3) is 0 Å². The zero-order valence-corrected chi connectivity index (χ0v) is 16.4. The van der Waals surface area contributed by atoms with Gasteiger partial charge in [0.1, 0.15) is 11.6 Å². The van der Waals surface area contributed by atoms with Crippen LogP contribution >= 0.6 is 24.8 Å². The van der Waals surface area contributed by atoms with Crippen LogP contribution in [0.3, 0.4) is 0 Å². The van der Waals surface area contributed by atoms with Gasteiger partial charge in [0.2, 0.25) is 11.8 Å². The first-order chi connectivity index (χ1) is 12.1. The lowest BCUT2D eigenvalue weighted by Crippen LogP contribution is -2.31. The van der Waals surface area contributed by atoms with E-state index in [2.05, 4.69) is 10.3 Å². The van der Waals surface area contributed by atoms with Crippen LogP contribution in [0.1, 0.15) is 31.2 Å². The number of rotatable bonds is 6. The van der Waals surface area contributed by atoms with Crippen LogP contribution in [0.15, 0.2) is 42.6 Å². The minimum Gasteiger partial charge on any atom is -0.439 e. The molecule has 2 atom stereocenters. The number of pyridine rings is 1. The van der Waals surface area contributed by atoms with Crippen molar-refractivity contribution in [1.29, 1.82) is 0 Å². The zero-order chi connectivity index (χ0) is 17.6. The fourth-order valence-corrected chi connectivity index (χ4v) is 3.06. The predicted molar refractivity (Wildman–Crippen MR) is 107 cm³/mol. The highest BCUT2D eigenvalue weighted by Crippen LogP contribution is 2.26. The Balaban J connectivity index is 0.00000182. The fourth-order valence-electron chi connectivity index (χ4n) is 3.06. The average molecular weight is 416 g/mol. The van der Waals surface area contributed by atoms with Crippen molar-refractivity contribution < 1.29 is 13.9 Å². The molecule has 1 aliphatic carbocycles. The largest absolute Gasteiger partial charge is 0.439 e. The lowest BCUT2D eigenvalue weighted by atomic mass is 10.00. The number of benzene rings is 1. The number of hydrogen-bond acceptors (Lipinski definition) is 4. The summed E-state index contributed by atoms with van der Waals surface area (Å²) in [5.41, 5.74) is 6.87. The molecular formula is C19H24Cl2FN3O2. The predicted octanol–water partition coefficient (Wildman–Crippen LogP) is 3.99. The van der Waals surface area contributed by atoms with E-state index in [1.54, 1.807) is 24.4 Å². The van der Waals surface area contributed by atoms with E-state index in [-0.39, 0.29) is 42.6 Å². The molecule has 1 heterocycles. The molecule has 1 amide bonds. The molecule has 1 fully saturated rings. The summed E-state index contributed by atoms with van der Waals surface area (Å²) in [5, 5.41) is 2.90. The second-order valence-electron chi connectivity index (χ2n) is 6.40. The maximum Gasteiger partial charge on any atom is 0.220 e. The molecule has 0 bridgehead atoms. The SMILES string of the molecule is Cl.Cl.N[C@@H]1CCC[C@H]1CC(=O)NCc1ccc(Oc2cccc(F)c2)nc1. The second-order valence-corrected chi connectivity index (χ2v) is 6.40. The number of nitrogens with two attached hydrogens (primary N) is 1. The van der Waals surface area contributed by atoms with E-state index in [4.69, 9.17) is 10.5 Å². The quantitative estimate of drug-likeness (QED) is 0.747. The molecule has 0 saturated heterocycles. The minimum atomic E-state index is -0.362. The van der Waals surface area contributed by atoms with Crippen LogP contribution in [0.25, 0.3) is 0 Å². The van der Waals surface area contributed by atoms with Crippen molar-refractivity contribution >= 4 is 30.7 Å². The van der Waals surface area contributed by atoms with Gasteiger partial charge in [0.15, 0.2) is 0 Å². The van der Waals surface area contributed by atoms with Gasteiger partial charge in [-0.3, -0.25) is 4.79 Å². The summed E-state index contributed by atoms with van der Waals surface area (Å²) in [6, 6.07) is 9.54. The molecular weight excluding hydrogens is 392 g/mol. The van der Waals surface area contributed by atoms with Gasteiger partial charge in [0.05, 0.1) is 0 Å². The number of nitrogens with zero attached hydrogens (tertiary/aromatic N) is 1. The van der Waals surface area contributed by atoms with Crippen molar-refractivity contribution in [3.8, 4) is 11.6 Å². The third kappa shape index (κ3) is 6.97. The maximum absolute atomic E-state index is 13.1. The van der Waals surface area contributed by atoms with E-state index in [1.165, 1.54) is 12.1 Å². The Hall–Kier alpha value is -1.89. The van der Waals surface area contributed by atoms with Crippen LogP contribution in [0.4, 0.5) is 4.39 Å². The summed E-state index contributed by atoms with van der Waals surface area (Å²) in [5.74, 6) is 0.709. The van der Waals surface area contributed by atoms with Crippen LogP contribution in [0, 0.1) is 11.7 Å². The first kappa shape index (κ1) is 23.1. The summed E-state index contributed by atoms with van der Waals surface area (Å²) in [7, 11) is 0. The maximum atomic E-state index is 13.1. The topological polar surface area (TPSA) is 77.2 Å². The molecule has 3 N–H and O–H groups in total. The number of nitrogens with one attached hydrogen (secondary N) is 1. The van der Waals surface area contributed by atoms with Gasteiger partial charge in [0, 0.05) is 37.3 Å². The monoisotopic (exact) mass is 415 g/mol. The number of halogens is 3. The summed E-state index contributed by atoms with van der Waals surface area (Å²) in [4.78, 5) is 16.2. The molecule has 5 nitrogen and oxygen atoms in total. The molecule has 1 saturated carbocycles. The van der Waals surface area contributed by atoms with Crippen LogP contribution < -0.4 is 15.8 Å². The number of carbonyl (C=O) groups is 1. The lowest BCUT2D eigenvalue weighted by molar-refractivity contribution is -0.122. The Morgan fingerprint density at radius 3 is 2.70 bits per heavy atom. The summed E-state index contributed by atoms with van der Waals surface area (Å²) >= 11 is 0. The first-order valence-electron chi connectivity index (χ1n) is 8.51. The number of ether oxygens (including phenoxy) is 1. The number of amides is 1. The van der Waals surface area contributed by atoms with E-state index in [0.29, 0.717) is 30.5 Å². The molecule has 0 unspecified atom stereocenters. The summed E-state index contributed by atoms with van der Waals surface area (Å²) < 4.78 is 18.6. The van der Waals surface area contributed by atoms with Crippen LogP contribution in [-0.2, 0) is 11.3 Å². The lowest BCUT2D eigenvalue weighted by Gasteiger charge is -2.14. The second kappa shape index (κ2) is 11.1. The molecule has 2 aromatic rings. The average Bonchev–Trinajstić information content (AvgIpc) is 2.99. The van der Waals surface area contributed by atoms with Crippen LogP contribution in [-0.4, -0.2) is 16.9 Å². The molecule has 27 heavy (non-hydrogen) atoms. The Morgan fingerprint density at radius 1 is 1.26 bits per heavy atom. The normalized spacial score (nSPS) is 18.1. The van der Waals surface area contributed by atoms with Crippen molar-refractivity contribution in [2.45, 2.75) is 38.3 Å². The van der Waals surface area contributed by atoms with Crippen LogP contribution in [0.2, 0.25) is 0 Å². The smallest absolute Gasteiger partial charge is 0.220 e. The fraction of sp³-hybridized carbons (Fsp3) is 0.368. The van der Waals surface area contributed by atoms with Crippen LogP contribution in [0.5, 0.6) is 11.6 Å². The number of aromatic nitrogens is 1. The molecule has 3 rings (SSSR count). The molecule has 1 aromatic heterocycles. The Morgan fingerprint density at radius 2 is 2.07 bits per heavy atom. The molecule has 0 radical (unpaired) electrons. The molecule has 1 aromatic carbocycles. The zero-order valence-electron chi connectivity index (χ0n) is 14.8. The minimum absolute atomic E-state index is 0. The van der Waals surface area contributed by atoms with Crippen molar-refractivity contribution in [2.75, 3.05) is 0 Å². The van der Waals surface area contributed by atoms with Gasteiger partial charge in [-0.15, -0.1) is 24.8 Å². The molecule has 148 valence electrons. The van der Waals surface area contributed by atoms with E-state index in [9.17, 15) is 9.18 Å². The standard InChI is InChI=1S/C19H22FN3O2.2ClH/c20-15-4-2-5-16(10-15)25-19-8-7-13(12-23-19)11-22-18(24)9-14-3-1-6-17(14)21;;/h2,4-5,7-8,10,12,14,17H,1,3,6,9,11,21H2,(H,22,24);2*1H/t14-,17+;;/m0../s1. The van der Waals surface area contributed by atoms with E-state index < -0.39 is 0 Å². The van der Waals surface area contributed by atoms with Crippen molar-refractivity contribution in [1.82, 2.24) is 10.3 Å². The van der Waals surface area contributed by atoms with Crippen molar-refractivity contribution in [2.24, 2.45) is 11.7 Å².